The van der Waals surface area contributed by atoms with Gasteiger partial charge in [-0.05, 0) is 12.3 Å². The van der Waals surface area contributed by atoms with Crippen molar-refractivity contribution in [1.82, 2.24) is 0 Å². The molecule has 0 bridgehead atoms. The molecule has 0 N–H and O–H groups in total. The maximum absolute atomic E-state index is 5.08. The maximum atomic E-state index is 5.08. The summed E-state index contributed by atoms with van der Waals surface area (Å²) in [6.45, 7) is 4.39. The second-order valence-corrected chi connectivity index (χ2v) is 2.29. The Morgan fingerprint density at radius 2 is 2.25 bits per heavy atom. The van der Waals surface area contributed by atoms with E-state index in [0.717, 1.165) is 19.6 Å². The molecule has 0 aromatic heterocycles. The third-order valence-corrected chi connectivity index (χ3v) is 1.32. The maximum Gasteiger partial charge on any atom is 0.146 e. The van der Waals surface area contributed by atoms with E-state index in [1.165, 1.54) is 0 Å². The summed E-state index contributed by atoms with van der Waals surface area (Å²) in [5.74, 6) is 0.678. The van der Waals surface area contributed by atoms with Crippen molar-refractivity contribution in [2.45, 2.75) is 13.3 Å². The van der Waals surface area contributed by atoms with Crippen LogP contribution in [0.25, 0.3) is 0 Å². The van der Waals surface area contributed by atoms with E-state index in [2.05, 4.69) is 6.92 Å². The van der Waals surface area contributed by atoms with Crippen molar-refractivity contribution in [3.8, 4) is 0 Å². The minimum absolute atomic E-state index is 0.490. The molecule has 0 aromatic rings. The van der Waals surface area contributed by atoms with Crippen molar-refractivity contribution in [2.75, 3.05) is 20.0 Å². The molecule has 2 nitrogen and oxygen atoms in total. The molecule has 0 spiro atoms. The Labute approximate surface area is 49.8 Å². The van der Waals surface area contributed by atoms with Crippen LogP contribution in [-0.2, 0) is 9.47 Å². The van der Waals surface area contributed by atoms with Gasteiger partial charge in [0.05, 0.1) is 6.61 Å². The van der Waals surface area contributed by atoms with Crippen LogP contribution in [-0.4, -0.2) is 20.0 Å². The fourth-order valence-electron chi connectivity index (χ4n) is 0.735. The van der Waals surface area contributed by atoms with Crippen LogP contribution in [0.5, 0.6) is 0 Å². The molecule has 1 heterocycles. The Balaban J connectivity index is 2.17. The summed E-state index contributed by atoms with van der Waals surface area (Å²) in [7, 11) is 0. The monoisotopic (exact) mass is 116 g/mol. The first-order valence-electron chi connectivity index (χ1n) is 3.05. The predicted octanol–water partition coefficient (Wildman–Crippen LogP) is 1.02. The highest BCUT2D eigenvalue weighted by Crippen LogP contribution is 2.05. The summed E-state index contributed by atoms with van der Waals surface area (Å²) >= 11 is 0. The van der Waals surface area contributed by atoms with Gasteiger partial charge in [-0.3, -0.25) is 0 Å². The van der Waals surface area contributed by atoms with E-state index in [-0.39, 0.29) is 0 Å². The smallest absolute Gasteiger partial charge is 0.146 e. The van der Waals surface area contributed by atoms with Crippen molar-refractivity contribution in [1.29, 1.82) is 0 Å². The summed E-state index contributed by atoms with van der Waals surface area (Å²) in [5, 5.41) is 0. The summed E-state index contributed by atoms with van der Waals surface area (Å²) in [4.78, 5) is 0. The highest BCUT2D eigenvalue weighted by Gasteiger charge is 2.05. The SMILES string of the molecule is CC1CCOCOC1. The molecule has 1 fully saturated rings. The molecule has 0 radical (unpaired) electrons. The van der Waals surface area contributed by atoms with Crippen LogP contribution in [0.2, 0.25) is 0 Å². The molecule has 1 unspecified atom stereocenters. The lowest BCUT2D eigenvalue weighted by Crippen LogP contribution is -2.01. The Kier molecular flexibility index (Phi) is 2.30. The van der Waals surface area contributed by atoms with Gasteiger partial charge in [-0.15, -0.1) is 0 Å². The van der Waals surface area contributed by atoms with Gasteiger partial charge in [0.15, 0.2) is 0 Å². The molecule has 0 aliphatic carbocycles. The van der Waals surface area contributed by atoms with Crippen LogP contribution in [0.1, 0.15) is 13.3 Å². The van der Waals surface area contributed by atoms with Crippen LogP contribution in [0.3, 0.4) is 0 Å². The Hall–Kier alpha value is -0.0800. The van der Waals surface area contributed by atoms with E-state index < -0.39 is 0 Å². The average Bonchev–Trinajstić information content (AvgIpc) is 1.94. The van der Waals surface area contributed by atoms with E-state index in [4.69, 9.17) is 9.47 Å². The molecular formula is C6H12O2. The largest absolute Gasteiger partial charge is 0.355 e. The van der Waals surface area contributed by atoms with Crippen LogP contribution < -0.4 is 0 Å². The number of ether oxygens (including phenoxy) is 2. The first-order valence-corrected chi connectivity index (χ1v) is 3.05. The van der Waals surface area contributed by atoms with Crippen molar-refractivity contribution in [3.63, 3.8) is 0 Å². The van der Waals surface area contributed by atoms with Crippen LogP contribution in [0, 0.1) is 5.92 Å². The molecule has 1 aliphatic heterocycles. The summed E-state index contributed by atoms with van der Waals surface area (Å²) in [6, 6.07) is 0. The van der Waals surface area contributed by atoms with Crippen LogP contribution in [0.15, 0.2) is 0 Å². The molecule has 1 atom stereocenters. The molecule has 1 aliphatic rings. The fourth-order valence-corrected chi connectivity index (χ4v) is 0.735. The first kappa shape index (κ1) is 6.05. The van der Waals surface area contributed by atoms with E-state index >= 15 is 0 Å². The first-order chi connectivity index (χ1) is 3.89. The normalized spacial score (nSPS) is 31.9. The third-order valence-electron chi connectivity index (χ3n) is 1.32. The quantitative estimate of drug-likeness (QED) is 0.470. The Bertz CT molecular complexity index is 55.5. The minimum atomic E-state index is 0.490. The van der Waals surface area contributed by atoms with Gasteiger partial charge in [0.1, 0.15) is 6.79 Å². The number of hydrogen-bond donors (Lipinski definition) is 0. The number of hydrogen-bond acceptors (Lipinski definition) is 2. The zero-order valence-corrected chi connectivity index (χ0v) is 5.22. The second-order valence-electron chi connectivity index (χ2n) is 2.29. The lowest BCUT2D eigenvalue weighted by molar-refractivity contribution is -0.0347. The van der Waals surface area contributed by atoms with E-state index in [1.807, 2.05) is 0 Å². The van der Waals surface area contributed by atoms with Crippen molar-refractivity contribution in [2.24, 2.45) is 5.92 Å². The Morgan fingerprint density at radius 1 is 1.38 bits per heavy atom. The van der Waals surface area contributed by atoms with Gasteiger partial charge in [-0.25, -0.2) is 0 Å². The molecule has 0 saturated carbocycles. The average molecular weight is 116 g/mol. The van der Waals surface area contributed by atoms with E-state index in [9.17, 15) is 0 Å². The molecule has 1 rings (SSSR count). The lowest BCUT2D eigenvalue weighted by atomic mass is 10.1. The van der Waals surface area contributed by atoms with Gasteiger partial charge in [-0.2, -0.15) is 0 Å². The topological polar surface area (TPSA) is 18.5 Å². The third kappa shape index (κ3) is 1.80. The minimum Gasteiger partial charge on any atom is -0.355 e. The summed E-state index contributed by atoms with van der Waals surface area (Å²) < 4.78 is 10.1. The van der Waals surface area contributed by atoms with Gasteiger partial charge in [0, 0.05) is 6.61 Å². The molecule has 48 valence electrons. The molecule has 0 amide bonds. The summed E-state index contributed by atoms with van der Waals surface area (Å²) in [6.07, 6.45) is 1.14. The van der Waals surface area contributed by atoms with Gasteiger partial charge in [0.25, 0.3) is 0 Å². The number of rotatable bonds is 0. The van der Waals surface area contributed by atoms with Gasteiger partial charge < -0.3 is 9.47 Å². The Morgan fingerprint density at radius 3 is 3.12 bits per heavy atom. The predicted molar refractivity (Wildman–Crippen MR) is 30.6 cm³/mol. The zero-order valence-electron chi connectivity index (χ0n) is 5.22. The molecule has 0 aromatic carbocycles. The molecule has 2 heteroatoms. The highest BCUT2D eigenvalue weighted by atomic mass is 16.7. The van der Waals surface area contributed by atoms with Gasteiger partial charge in [0.2, 0.25) is 0 Å². The van der Waals surface area contributed by atoms with Gasteiger partial charge in [-0.1, -0.05) is 6.92 Å². The standard InChI is InChI=1S/C6H12O2/c1-6-2-3-7-5-8-4-6/h6H,2-5H2,1H3. The van der Waals surface area contributed by atoms with Crippen LogP contribution >= 0.6 is 0 Å². The second kappa shape index (κ2) is 3.05. The zero-order chi connectivity index (χ0) is 5.82. The summed E-state index contributed by atoms with van der Waals surface area (Å²) in [5.41, 5.74) is 0. The van der Waals surface area contributed by atoms with E-state index in [1.54, 1.807) is 0 Å². The molecule has 1 saturated heterocycles. The molecular weight excluding hydrogens is 104 g/mol. The van der Waals surface area contributed by atoms with E-state index in [0.29, 0.717) is 12.7 Å². The highest BCUT2D eigenvalue weighted by molar-refractivity contribution is 4.51. The molecule has 8 heavy (non-hydrogen) atoms. The van der Waals surface area contributed by atoms with Crippen molar-refractivity contribution < 1.29 is 9.47 Å². The lowest BCUT2D eigenvalue weighted by Gasteiger charge is -2.01. The van der Waals surface area contributed by atoms with Crippen molar-refractivity contribution >= 4 is 0 Å². The fraction of sp³-hybridized carbons (Fsp3) is 1.00. The van der Waals surface area contributed by atoms with Crippen molar-refractivity contribution in [3.05, 3.63) is 0 Å². The van der Waals surface area contributed by atoms with Crippen LogP contribution in [0.4, 0.5) is 0 Å². The van der Waals surface area contributed by atoms with Gasteiger partial charge >= 0.3 is 0 Å².